The average Bonchev–Trinajstić information content (AvgIpc) is 2.58. The van der Waals surface area contributed by atoms with Gasteiger partial charge in [-0.3, -0.25) is 4.79 Å². The van der Waals surface area contributed by atoms with Crippen LogP contribution in [0.3, 0.4) is 0 Å². The molecule has 2 saturated heterocycles. The third-order valence-corrected chi connectivity index (χ3v) is 3.60. The fraction of sp³-hybridized carbons (Fsp3) is 0.917. The van der Waals surface area contributed by atoms with Crippen molar-refractivity contribution in [3.05, 3.63) is 0 Å². The molecule has 0 aliphatic carbocycles. The highest BCUT2D eigenvalue weighted by atomic mass is 16.5. The molecule has 0 aromatic carbocycles. The summed E-state index contributed by atoms with van der Waals surface area (Å²) in [6.45, 7) is 3.18. The number of methoxy groups -OCH3 is 1. The van der Waals surface area contributed by atoms with E-state index in [4.69, 9.17) is 9.47 Å². The molecule has 1 N–H and O–H groups in total. The van der Waals surface area contributed by atoms with Crippen LogP contribution in [0.5, 0.6) is 0 Å². The van der Waals surface area contributed by atoms with E-state index in [-0.39, 0.29) is 12.5 Å². The van der Waals surface area contributed by atoms with E-state index in [1.54, 1.807) is 7.11 Å². The van der Waals surface area contributed by atoms with Gasteiger partial charge < -0.3 is 19.7 Å². The maximum absolute atomic E-state index is 12.1. The van der Waals surface area contributed by atoms with E-state index in [0.29, 0.717) is 25.3 Å². The Morgan fingerprint density at radius 3 is 2.94 bits per heavy atom. The van der Waals surface area contributed by atoms with Crippen LogP contribution in [-0.2, 0) is 14.3 Å². The monoisotopic (exact) mass is 242 g/mol. The average molecular weight is 242 g/mol. The summed E-state index contributed by atoms with van der Waals surface area (Å²) in [6, 6.07) is 0.801. The first-order chi connectivity index (χ1) is 8.33. The highest BCUT2D eigenvalue weighted by molar-refractivity contribution is 5.78. The number of nitrogens with zero attached hydrogens (tertiary/aromatic N) is 1. The van der Waals surface area contributed by atoms with Gasteiger partial charge >= 0.3 is 0 Å². The smallest absolute Gasteiger partial charge is 0.249 e. The molecule has 0 aromatic heterocycles. The predicted octanol–water partition coefficient (Wildman–Crippen LogP) is 0.00230. The van der Waals surface area contributed by atoms with Crippen molar-refractivity contribution in [3.63, 3.8) is 0 Å². The molecule has 2 unspecified atom stereocenters. The molecule has 0 aromatic rings. The first-order valence-corrected chi connectivity index (χ1v) is 6.41. The van der Waals surface area contributed by atoms with E-state index in [1.165, 1.54) is 0 Å². The van der Waals surface area contributed by atoms with Gasteiger partial charge in [-0.25, -0.2) is 0 Å². The van der Waals surface area contributed by atoms with Gasteiger partial charge in [0.15, 0.2) is 0 Å². The molecule has 5 heteroatoms. The van der Waals surface area contributed by atoms with Crippen LogP contribution >= 0.6 is 0 Å². The van der Waals surface area contributed by atoms with Gasteiger partial charge in [0.05, 0.1) is 13.2 Å². The van der Waals surface area contributed by atoms with Gasteiger partial charge in [0.25, 0.3) is 0 Å². The first-order valence-electron chi connectivity index (χ1n) is 6.41. The summed E-state index contributed by atoms with van der Waals surface area (Å²) in [7, 11) is 1.63. The maximum Gasteiger partial charge on any atom is 0.249 e. The Labute approximate surface area is 102 Å². The lowest BCUT2D eigenvalue weighted by Gasteiger charge is -2.27. The van der Waals surface area contributed by atoms with Crippen molar-refractivity contribution in [3.8, 4) is 0 Å². The lowest BCUT2D eigenvalue weighted by Crippen LogP contribution is -2.44. The van der Waals surface area contributed by atoms with Gasteiger partial charge in [0.1, 0.15) is 6.61 Å². The van der Waals surface area contributed by atoms with Gasteiger partial charge in [0, 0.05) is 25.7 Å². The van der Waals surface area contributed by atoms with E-state index < -0.39 is 0 Å². The molecule has 2 aliphatic heterocycles. The zero-order chi connectivity index (χ0) is 12.1. The fourth-order valence-electron chi connectivity index (χ4n) is 2.77. The third-order valence-electron chi connectivity index (χ3n) is 3.60. The Morgan fingerprint density at radius 1 is 1.29 bits per heavy atom. The normalized spacial score (nSPS) is 28.2. The second-order valence-electron chi connectivity index (χ2n) is 4.72. The summed E-state index contributed by atoms with van der Waals surface area (Å²) >= 11 is 0. The largest absolute Gasteiger partial charge is 0.382 e. The Hall–Kier alpha value is -0.650. The van der Waals surface area contributed by atoms with Crippen molar-refractivity contribution >= 4 is 5.91 Å². The van der Waals surface area contributed by atoms with E-state index >= 15 is 0 Å². The zero-order valence-corrected chi connectivity index (χ0v) is 10.5. The molecule has 17 heavy (non-hydrogen) atoms. The Morgan fingerprint density at radius 2 is 2.12 bits per heavy atom. The second-order valence-corrected chi connectivity index (χ2v) is 4.72. The van der Waals surface area contributed by atoms with Crippen LogP contribution < -0.4 is 5.32 Å². The minimum atomic E-state index is 0.136. The van der Waals surface area contributed by atoms with Crippen molar-refractivity contribution in [2.45, 2.75) is 31.3 Å². The summed E-state index contributed by atoms with van der Waals surface area (Å²) in [6.07, 6.45) is 3.35. The topological polar surface area (TPSA) is 50.8 Å². The van der Waals surface area contributed by atoms with Gasteiger partial charge in [-0.2, -0.15) is 0 Å². The highest BCUT2D eigenvalue weighted by Gasteiger charge is 2.37. The number of fused-ring (bicyclic) bond motifs is 2. The number of carbonyl (C=O) groups excluding carboxylic acids is 1. The SMILES string of the molecule is COCCOCC(=O)N1C2CCNCC1CC2. The van der Waals surface area contributed by atoms with Crippen LogP contribution in [0.1, 0.15) is 19.3 Å². The van der Waals surface area contributed by atoms with Crippen LogP contribution in [0.25, 0.3) is 0 Å². The predicted molar refractivity (Wildman–Crippen MR) is 63.8 cm³/mol. The second kappa shape index (κ2) is 6.33. The van der Waals surface area contributed by atoms with Crippen LogP contribution in [0, 0.1) is 0 Å². The summed E-state index contributed by atoms with van der Waals surface area (Å²) in [5.74, 6) is 0.136. The molecule has 1 amide bonds. The van der Waals surface area contributed by atoms with Crippen LogP contribution in [0.15, 0.2) is 0 Å². The quantitative estimate of drug-likeness (QED) is 0.690. The van der Waals surface area contributed by atoms with Gasteiger partial charge in [-0.1, -0.05) is 0 Å². The summed E-state index contributed by atoms with van der Waals surface area (Å²) < 4.78 is 10.2. The molecule has 2 rings (SSSR count). The van der Waals surface area contributed by atoms with Crippen LogP contribution in [0.2, 0.25) is 0 Å². The van der Waals surface area contributed by atoms with Crippen molar-refractivity contribution in [2.24, 2.45) is 0 Å². The molecule has 98 valence electrons. The summed E-state index contributed by atoms with van der Waals surface area (Å²) in [4.78, 5) is 14.2. The lowest BCUT2D eigenvalue weighted by molar-refractivity contribution is -0.139. The van der Waals surface area contributed by atoms with E-state index in [0.717, 1.165) is 32.4 Å². The zero-order valence-electron chi connectivity index (χ0n) is 10.5. The number of hydrogen-bond acceptors (Lipinski definition) is 4. The van der Waals surface area contributed by atoms with Gasteiger partial charge in [0.2, 0.25) is 5.91 Å². The number of amides is 1. The fourth-order valence-corrected chi connectivity index (χ4v) is 2.77. The molecule has 0 radical (unpaired) electrons. The minimum absolute atomic E-state index is 0.136. The summed E-state index contributed by atoms with van der Waals surface area (Å²) in [5, 5.41) is 3.39. The van der Waals surface area contributed by atoms with Crippen LogP contribution in [0.4, 0.5) is 0 Å². The maximum atomic E-state index is 12.1. The molecule has 2 bridgehead atoms. The number of nitrogens with one attached hydrogen (secondary N) is 1. The molecular formula is C12H22N2O3. The Bertz CT molecular complexity index is 246. The number of ether oxygens (including phenoxy) is 2. The van der Waals surface area contributed by atoms with Gasteiger partial charge in [-0.15, -0.1) is 0 Å². The Kier molecular flexibility index (Phi) is 4.76. The highest BCUT2D eigenvalue weighted by Crippen LogP contribution is 2.27. The molecule has 5 nitrogen and oxygen atoms in total. The minimum Gasteiger partial charge on any atom is -0.382 e. The number of carbonyl (C=O) groups is 1. The first kappa shape index (κ1) is 12.8. The van der Waals surface area contributed by atoms with E-state index in [2.05, 4.69) is 5.32 Å². The molecular weight excluding hydrogens is 220 g/mol. The number of hydrogen-bond donors (Lipinski definition) is 1. The van der Waals surface area contributed by atoms with Crippen molar-refractivity contribution in [1.29, 1.82) is 0 Å². The molecule has 0 spiro atoms. The van der Waals surface area contributed by atoms with Crippen LogP contribution in [-0.4, -0.2) is 62.9 Å². The van der Waals surface area contributed by atoms with Crippen molar-refractivity contribution in [2.75, 3.05) is 40.0 Å². The Balaban J connectivity index is 1.81. The molecule has 2 atom stereocenters. The number of rotatable bonds is 5. The van der Waals surface area contributed by atoms with E-state index in [9.17, 15) is 4.79 Å². The standard InChI is InChI=1S/C12H22N2O3/c1-16-6-7-17-9-12(15)14-10-2-3-11(14)8-13-5-4-10/h10-11,13H,2-9H2,1H3. The molecule has 2 fully saturated rings. The van der Waals surface area contributed by atoms with Crippen molar-refractivity contribution < 1.29 is 14.3 Å². The third kappa shape index (κ3) is 3.18. The lowest BCUT2D eigenvalue weighted by atomic mass is 10.1. The molecule has 2 heterocycles. The van der Waals surface area contributed by atoms with Gasteiger partial charge in [-0.05, 0) is 25.8 Å². The van der Waals surface area contributed by atoms with Crippen molar-refractivity contribution in [1.82, 2.24) is 10.2 Å². The van der Waals surface area contributed by atoms with E-state index in [1.807, 2.05) is 4.90 Å². The molecule has 0 saturated carbocycles. The molecule has 2 aliphatic rings. The summed E-state index contributed by atoms with van der Waals surface area (Å²) in [5.41, 5.74) is 0.